The molecule has 0 fully saturated rings. The average molecular weight is 329 g/mol. The van der Waals surface area contributed by atoms with Gasteiger partial charge in [0.2, 0.25) is 0 Å². The van der Waals surface area contributed by atoms with Crippen LogP contribution in [0.5, 0.6) is 11.5 Å². The molecular weight excluding hydrogens is 302 g/mol. The molecule has 24 heavy (non-hydrogen) atoms. The molecule has 0 saturated heterocycles. The number of aliphatic hydroxyl groups is 1. The fourth-order valence-corrected chi connectivity index (χ4v) is 2.84. The highest BCUT2D eigenvalue weighted by Gasteiger charge is 2.36. The van der Waals surface area contributed by atoms with Gasteiger partial charge in [-0.1, -0.05) is 30.3 Å². The number of hydrogen-bond donors (Lipinski definition) is 1. The molecule has 0 aliphatic heterocycles. The molecule has 0 bridgehead atoms. The van der Waals surface area contributed by atoms with Crippen molar-refractivity contribution in [3.63, 3.8) is 0 Å². The van der Waals surface area contributed by atoms with Crippen LogP contribution < -0.4 is 9.47 Å². The van der Waals surface area contributed by atoms with Gasteiger partial charge in [-0.2, -0.15) is 0 Å². The quantitative estimate of drug-likeness (QED) is 0.846. The molecule has 1 N–H and O–H groups in total. The van der Waals surface area contributed by atoms with E-state index in [4.69, 9.17) is 9.47 Å². The van der Waals surface area contributed by atoms with Gasteiger partial charge in [-0.15, -0.1) is 0 Å². The van der Waals surface area contributed by atoms with Crippen molar-refractivity contribution >= 4 is 0 Å². The maximum atomic E-state index is 11.7. The Morgan fingerprint density at radius 3 is 2.25 bits per heavy atom. The highest BCUT2D eigenvalue weighted by Crippen LogP contribution is 2.41. The molecule has 2 atom stereocenters. The third-order valence-electron chi connectivity index (χ3n) is 4.58. The number of nitrogens with zero attached hydrogens (tertiary/aromatic N) is 1. The summed E-state index contributed by atoms with van der Waals surface area (Å²) < 4.78 is 10.9. The molecule has 4 heteroatoms. The van der Waals surface area contributed by atoms with Gasteiger partial charge < -0.3 is 19.5 Å². The maximum Gasteiger partial charge on any atom is 0.125 e. The molecule has 0 radical (unpaired) electrons. The van der Waals surface area contributed by atoms with Gasteiger partial charge >= 0.3 is 0 Å². The topological polar surface area (TPSA) is 41.9 Å². The van der Waals surface area contributed by atoms with Gasteiger partial charge in [0.05, 0.1) is 14.2 Å². The van der Waals surface area contributed by atoms with Crippen molar-refractivity contribution in [1.82, 2.24) is 4.90 Å². The number of rotatable bonds is 7. The van der Waals surface area contributed by atoms with Gasteiger partial charge in [-0.25, -0.2) is 0 Å². The molecule has 2 rings (SSSR count). The lowest BCUT2D eigenvalue weighted by Gasteiger charge is -2.35. The molecular formula is C20H27NO3. The Morgan fingerprint density at radius 2 is 1.71 bits per heavy atom. The van der Waals surface area contributed by atoms with E-state index in [1.54, 1.807) is 14.2 Å². The summed E-state index contributed by atoms with van der Waals surface area (Å²) in [6.07, 6.45) is 0.535. The SMILES string of the molecule is COc1ccc(OC)c(C(O)(CC(C)N(C)C)c2ccccc2)c1. The summed E-state index contributed by atoms with van der Waals surface area (Å²) in [5, 5.41) is 11.7. The standard InChI is InChI=1S/C20H27NO3/c1-15(21(2)3)14-20(22,16-9-7-6-8-10-16)18-13-17(23-4)11-12-19(18)24-5/h6-13,15,22H,14H2,1-5H3. The minimum atomic E-state index is -1.18. The monoisotopic (exact) mass is 329 g/mol. The summed E-state index contributed by atoms with van der Waals surface area (Å²) in [7, 11) is 7.26. The smallest absolute Gasteiger partial charge is 0.125 e. The second-order valence-electron chi connectivity index (χ2n) is 6.31. The number of benzene rings is 2. The first-order valence-electron chi connectivity index (χ1n) is 8.09. The maximum absolute atomic E-state index is 11.7. The molecule has 0 aromatic heterocycles. The summed E-state index contributed by atoms with van der Waals surface area (Å²) in [5.41, 5.74) is 0.375. The lowest BCUT2D eigenvalue weighted by Crippen LogP contribution is -2.37. The van der Waals surface area contributed by atoms with Gasteiger partial charge in [0, 0.05) is 11.6 Å². The number of methoxy groups -OCH3 is 2. The van der Waals surface area contributed by atoms with Crippen molar-refractivity contribution in [2.75, 3.05) is 28.3 Å². The average Bonchev–Trinajstić information content (AvgIpc) is 2.61. The lowest BCUT2D eigenvalue weighted by atomic mass is 9.80. The van der Waals surface area contributed by atoms with E-state index in [0.717, 1.165) is 5.56 Å². The van der Waals surface area contributed by atoms with Crippen LogP contribution in [0, 0.1) is 0 Å². The first kappa shape index (κ1) is 18.3. The van der Waals surface area contributed by atoms with Crippen LogP contribution in [0.3, 0.4) is 0 Å². The van der Waals surface area contributed by atoms with Crippen LogP contribution in [-0.2, 0) is 5.60 Å². The molecule has 0 aliphatic carbocycles. The van der Waals surface area contributed by atoms with Crippen LogP contribution in [0.15, 0.2) is 48.5 Å². The van der Waals surface area contributed by atoms with E-state index in [1.807, 2.05) is 62.6 Å². The van der Waals surface area contributed by atoms with E-state index in [1.165, 1.54) is 0 Å². The van der Waals surface area contributed by atoms with Gasteiger partial charge in [0.1, 0.15) is 17.1 Å². The van der Waals surface area contributed by atoms with Gasteiger partial charge in [0.15, 0.2) is 0 Å². The zero-order chi connectivity index (χ0) is 17.7. The Hall–Kier alpha value is -2.04. The van der Waals surface area contributed by atoms with Crippen molar-refractivity contribution in [3.05, 3.63) is 59.7 Å². The van der Waals surface area contributed by atoms with E-state index >= 15 is 0 Å². The molecule has 0 saturated carbocycles. The van der Waals surface area contributed by atoms with Crippen molar-refractivity contribution < 1.29 is 14.6 Å². The summed E-state index contributed by atoms with van der Waals surface area (Å²) in [6, 6.07) is 15.4. The molecule has 130 valence electrons. The molecule has 2 unspecified atom stereocenters. The second-order valence-corrected chi connectivity index (χ2v) is 6.31. The molecule has 2 aromatic rings. The first-order valence-corrected chi connectivity index (χ1v) is 8.09. The predicted octanol–water partition coefficient (Wildman–Crippen LogP) is 3.28. The van der Waals surface area contributed by atoms with E-state index in [9.17, 15) is 5.11 Å². The van der Waals surface area contributed by atoms with Crippen molar-refractivity contribution in [3.8, 4) is 11.5 Å². The number of hydrogen-bond acceptors (Lipinski definition) is 4. The third kappa shape index (κ3) is 3.71. The van der Waals surface area contributed by atoms with Crippen LogP contribution in [0.1, 0.15) is 24.5 Å². The molecule has 0 heterocycles. The van der Waals surface area contributed by atoms with Crippen molar-refractivity contribution in [2.24, 2.45) is 0 Å². The predicted molar refractivity (Wildman–Crippen MR) is 96.8 cm³/mol. The molecule has 0 spiro atoms. The molecule has 0 amide bonds. The third-order valence-corrected chi connectivity index (χ3v) is 4.58. The fraction of sp³-hybridized carbons (Fsp3) is 0.400. The largest absolute Gasteiger partial charge is 0.497 e. The molecule has 2 aromatic carbocycles. The van der Waals surface area contributed by atoms with E-state index < -0.39 is 5.60 Å². The highest BCUT2D eigenvalue weighted by atomic mass is 16.5. The summed E-state index contributed by atoms with van der Waals surface area (Å²) in [5.74, 6) is 1.34. The Kier molecular flexibility index (Phi) is 5.86. The van der Waals surface area contributed by atoms with E-state index in [-0.39, 0.29) is 6.04 Å². The Labute approximate surface area is 144 Å². The van der Waals surface area contributed by atoms with Crippen LogP contribution in [0.25, 0.3) is 0 Å². The second kappa shape index (κ2) is 7.69. The normalized spacial score (nSPS) is 15.0. The van der Waals surface area contributed by atoms with Crippen molar-refractivity contribution in [1.29, 1.82) is 0 Å². The van der Waals surface area contributed by atoms with Gasteiger partial charge in [-0.3, -0.25) is 0 Å². The zero-order valence-corrected chi connectivity index (χ0v) is 15.1. The minimum Gasteiger partial charge on any atom is -0.497 e. The summed E-state index contributed by atoms with van der Waals surface area (Å²) in [4.78, 5) is 2.10. The van der Waals surface area contributed by atoms with E-state index in [2.05, 4.69) is 11.8 Å². The highest BCUT2D eigenvalue weighted by molar-refractivity contribution is 5.48. The van der Waals surface area contributed by atoms with Crippen LogP contribution >= 0.6 is 0 Å². The lowest BCUT2D eigenvalue weighted by molar-refractivity contribution is 0.0440. The molecule has 0 aliphatic rings. The van der Waals surface area contributed by atoms with E-state index in [0.29, 0.717) is 23.5 Å². The van der Waals surface area contributed by atoms with Gasteiger partial charge in [0.25, 0.3) is 0 Å². The van der Waals surface area contributed by atoms with Crippen LogP contribution in [0.4, 0.5) is 0 Å². The zero-order valence-electron chi connectivity index (χ0n) is 15.1. The Bertz CT molecular complexity index is 657. The Morgan fingerprint density at radius 1 is 1.04 bits per heavy atom. The molecule has 4 nitrogen and oxygen atoms in total. The number of ether oxygens (including phenoxy) is 2. The first-order chi connectivity index (χ1) is 11.4. The van der Waals surface area contributed by atoms with Crippen molar-refractivity contribution in [2.45, 2.75) is 25.0 Å². The van der Waals surface area contributed by atoms with Crippen LogP contribution in [0.2, 0.25) is 0 Å². The summed E-state index contributed by atoms with van der Waals surface area (Å²) in [6.45, 7) is 2.10. The van der Waals surface area contributed by atoms with Gasteiger partial charge in [-0.05, 0) is 51.2 Å². The Balaban J connectivity index is 2.62. The minimum absolute atomic E-state index is 0.172. The fourth-order valence-electron chi connectivity index (χ4n) is 2.84. The van der Waals surface area contributed by atoms with Crippen LogP contribution in [-0.4, -0.2) is 44.4 Å². The summed E-state index contributed by atoms with van der Waals surface area (Å²) >= 11 is 0.